The third kappa shape index (κ3) is 4.04. The van der Waals surface area contributed by atoms with E-state index in [9.17, 15) is 5.11 Å². The Morgan fingerprint density at radius 2 is 1.88 bits per heavy atom. The normalized spacial score (nSPS) is 14.0. The van der Waals surface area contributed by atoms with Crippen LogP contribution in [0.1, 0.15) is 11.1 Å². The van der Waals surface area contributed by atoms with E-state index in [1.54, 1.807) is 18.2 Å². The van der Waals surface area contributed by atoms with E-state index in [1.165, 1.54) is 0 Å². The zero-order valence-electron chi connectivity index (χ0n) is 13.0. The zero-order valence-corrected chi connectivity index (χ0v) is 15.4. The number of likely N-dealkylation sites (N-methyl/N-ethyl adjacent to an activating group) is 1. The number of phenolic OH excluding ortho intramolecular Hbond substituents is 1. The first-order valence-electron chi connectivity index (χ1n) is 7.27. The van der Waals surface area contributed by atoms with Gasteiger partial charge in [-0.25, -0.2) is 0 Å². The van der Waals surface area contributed by atoms with Gasteiger partial charge < -0.3 is 10.0 Å². The highest BCUT2D eigenvalue weighted by Crippen LogP contribution is 2.28. The van der Waals surface area contributed by atoms with Crippen LogP contribution < -0.4 is 4.90 Å². The summed E-state index contributed by atoms with van der Waals surface area (Å²) in [7, 11) is 2.00. The largest absolute Gasteiger partial charge is 0.508 e. The number of hydrogen-bond acceptors (Lipinski definition) is 3. The van der Waals surface area contributed by atoms with Gasteiger partial charge in [0.15, 0.2) is 0 Å². The summed E-state index contributed by atoms with van der Waals surface area (Å²) in [6.45, 7) is 1.51. The number of aromatic hydroxyl groups is 1. The van der Waals surface area contributed by atoms with Gasteiger partial charge in [-0.1, -0.05) is 35.3 Å². The molecule has 0 saturated heterocycles. The van der Waals surface area contributed by atoms with Crippen molar-refractivity contribution in [1.82, 2.24) is 0 Å². The topological polar surface area (TPSA) is 35.8 Å². The molecule has 1 N–H and O–H groups in total. The Morgan fingerprint density at radius 3 is 2.62 bits per heavy atom. The molecule has 1 heterocycles. The van der Waals surface area contributed by atoms with Crippen LogP contribution in [0.25, 0.3) is 6.08 Å². The smallest absolute Gasteiger partial charge is 0.117 e. The molecule has 2 aromatic carbocycles. The van der Waals surface area contributed by atoms with E-state index < -0.39 is 0 Å². The van der Waals surface area contributed by atoms with Gasteiger partial charge in [0.1, 0.15) is 5.75 Å². The maximum Gasteiger partial charge on any atom is 0.117 e. The maximum atomic E-state index is 9.74. The summed E-state index contributed by atoms with van der Waals surface area (Å²) in [5.74, 6) is 0.255. The van der Waals surface area contributed by atoms with Gasteiger partial charge in [-0.15, -0.1) is 12.4 Å². The summed E-state index contributed by atoms with van der Waals surface area (Å²) in [6, 6.07) is 10.8. The lowest BCUT2D eigenvalue weighted by Gasteiger charge is -2.19. The second kappa shape index (κ2) is 7.93. The molecule has 1 aliphatic rings. The molecule has 0 bridgehead atoms. The summed E-state index contributed by atoms with van der Waals surface area (Å²) < 4.78 is 0. The molecule has 1 aliphatic heterocycles. The maximum absolute atomic E-state index is 9.74. The van der Waals surface area contributed by atoms with Crippen LogP contribution in [0.15, 0.2) is 47.5 Å². The standard InChI is InChI=1S/C18H16Cl2N2O.ClH/c1-22-9-8-21-17(14-5-4-13(23)11-18(14)22)7-3-12-2-6-15(19)16(20)10-12;/h2-7,10-11,23H,8-9H2,1H3;1H. The molecule has 0 spiro atoms. The van der Waals surface area contributed by atoms with Crippen molar-refractivity contribution in [2.24, 2.45) is 4.99 Å². The fraction of sp³-hybridized carbons (Fsp3) is 0.167. The molecular weight excluding hydrogens is 367 g/mol. The van der Waals surface area contributed by atoms with Crippen LogP contribution in [0, 0.1) is 0 Å². The fourth-order valence-corrected chi connectivity index (χ4v) is 2.82. The van der Waals surface area contributed by atoms with Crippen molar-refractivity contribution in [2.75, 3.05) is 25.0 Å². The van der Waals surface area contributed by atoms with E-state index in [-0.39, 0.29) is 18.2 Å². The molecule has 0 amide bonds. The predicted octanol–water partition coefficient (Wildman–Crippen LogP) is 5.07. The minimum atomic E-state index is 0. The second-order valence-electron chi connectivity index (χ2n) is 5.40. The first-order chi connectivity index (χ1) is 11.0. The molecule has 0 fully saturated rings. The minimum absolute atomic E-state index is 0. The Bertz CT molecular complexity index is 803. The van der Waals surface area contributed by atoms with E-state index in [0.717, 1.165) is 29.1 Å². The first-order valence-corrected chi connectivity index (χ1v) is 8.02. The summed E-state index contributed by atoms with van der Waals surface area (Å²) in [5.41, 5.74) is 3.81. The van der Waals surface area contributed by atoms with Crippen molar-refractivity contribution in [1.29, 1.82) is 0 Å². The summed E-state index contributed by atoms with van der Waals surface area (Å²) in [5, 5.41) is 10.8. The van der Waals surface area contributed by atoms with Crippen molar-refractivity contribution in [3.05, 3.63) is 63.6 Å². The summed E-state index contributed by atoms with van der Waals surface area (Å²) in [6.07, 6.45) is 3.93. The number of halogens is 3. The van der Waals surface area contributed by atoms with E-state index in [4.69, 9.17) is 23.2 Å². The number of aliphatic imine (C=N–C) groups is 1. The van der Waals surface area contributed by atoms with E-state index in [1.807, 2.05) is 37.4 Å². The number of anilines is 1. The van der Waals surface area contributed by atoms with Crippen LogP contribution in [0.3, 0.4) is 0 Å². The van der Waals surface area contributed by atoms with Crippen molar-refractivity contribution < 1.29 is 5.11 Å². The van der Waals surface area contributed by atoms with Gasteiger partial charge in [0, 0.05) is 30.9 Å². The van der Waals surface area contributed by atoms with Crippen molar-refractivity contribution in [3.63, 3.8) is 0 Å². The number of nitrogens with zero attached hydrogens (tertiary/aromatic N) is 2. The molecule has 24 heavy (non-hydrogen) atoms. The van der Waals surface area contributed by atoms with Gasteiger partial charge in [-0.2, -0.15) is 0 Å². The molecule has 2 aromatic rings. The summed E-state index contributed by atoms with van der Waals surface area (Å²) in [4.78, 5) is 6.74. The fourth-order valence-electron chi connectivity index (χ4n) is 2.51. The molecule has 0 radical (unpaired) electrons. The molecule has 0 aliphatic carbocycles. The number of allylic oxidation sites excluding steroid dienone is 1. The lowest BCUT2D eigenvalue weighted by atomic mass is 10.1. The molecule has 3 nitrogen and oxygen atoms in total. The third-order valence-electron chi connectivity index (χ3n) is 3.76. The highest BCUT2D eigenvalue weighted by atomic mass is 35.5. The second-order valence-corrected chi connectivity index (χ2v) is 6.21. The molecule has 0 aromatic heterocycles. The van der Waals surface area contributed by atoms with Crippen molar-refractivity contribution in [3.8, 4) is 5.75 Å². The SMILES string of the molecule is CN1CCN=C(C=Cc2ccc(Cl)c(Cl)c2)c2ccc(O)cc21.Cl. The Hall–Kier alpha value is -1.68. The predicted molar refractivity (Wildman–Crippen MR) is 106 cm³/mol. The van der Waals surface area contributed by atoms with Gasteiger partial charge in [-0.05, 0) is 35.9 Å². The Balaban J connectivity index is 0.00000208. The van der Waals surface area contributed by atoms with Gasteiger partial charge in [0.25, 0.3) is 0 Å². The first kappa shape index (κ1) is 18.7. The number of benzene rings is 2. The monoisotopic (exact) mass is 382 g/mol. The lowest BCUT2D eigenvalue weighted by Crippen LogP contribution is -2.20. The number of fused-ring (bicyclic) bond motifs is 1. The van der Waals surface area contributed by atoms with Gasteiger partial charge >= 0.3 is 0 Å². The molecular formula is C18H17Cl3N2O. The Kier molecular flexibility index (Phi) is 6.16. The van der Waals surface area contributed by atoms with Crippen molar-refractivity contribution >= 4 is 53.1 Å². The van der Waals surface area contributed by atoms with E-state index in [2.05, 4.69) is 9.89 Å². The number of benzodiazepines with no additional fused rings is 1. The zero-order chi connectivity index (χ0) is 16.4. The van der Waals surface area contributed by atoms with Crippen LogP contribution >= 0.6 is 35.6 Å². The molecule has 6 heteroatoms. The number of hydrogen-bond donors (Lipinski definition) is 1. The van der Waals surface area contributed by atoms with Gasteiger partial charge in [0.05, 0.1) is 22.3 Å². The third-order valence-corrected chi connectivity index (χ3v) is 4.50. The Morgan fingerprint density at radius 1 is 1.08 bits per heavy atom. The van der Waals surface area contributed by atoms with E-state index in [0.29, 0.717) is 16.6 Å². The molecule has 3 rings (SSSR count). The molecule has 0 atom stereocenters. The van der Waals surface area contributed by atoms with Gasteiger partial charge in [0.2, 0.25) is 0 Å². The minimum Gasteiger partial charge on any atom is -0.508 e. The lowest BCUT2D eigenvalue weighted by molar-refractivity contribution is 0.475. The van der Waals surface area contributed by atoms with Crippen molar-refractivity contribution in [2.45, 2.75) is 0 Å². The van der Waals surface area contributed by atoms with Crippen LogP contribution in [0.5, 0.6) is 5.75 Å². The quantitative estimate of drug-likeness (QED) is 0.785. The van der Waals surface area contributed by atoms with Crippen LogP contribution in [0.4, 0.5) is 5.69 Å². The van der Waals surface area contributed by atoms with E-state index >= 15 is 0 Å². The average molecular weight is 384 g/mol. The van der Waals surface area contributed by atoms with Crippen LogP contribution in [0.2, 0.25) is 10.0 Å². The highest BCUT2D eigenvalue weighted by Gasteiger charge is 2.15. The average Bonchev–Trinajstić information content (AvgIpc) is 2.68. The number of phenols is 1. The number of rotatable bonds is 2. The Labute approximate surface area is 157 Å². The van der Waals surface area contributed by atoms with Crippen LogP contribution in [-0.2, 0) is 0 Å². The highest BCUT2D eigenvalue weighted by molar-refractivity contribution is 6.42. The van der Waals surface area contributed by atoms with Crippen LogP contribution in [-0.4, -0.2) is 31.0 Å². The summed E-state index contributed by atoms with van der Waals surface area (Å²) >= 11 is 12.0. The molecule has 0 saturated carbocycles. The molecule has 0 unspecified atom stereocenters. The molecule has 126 valence electrons. The van der Waals surface area contributed by atoms with Gasteiger partial charge in [-0.3, -0.25) is 4.99 Å².